The van der Waals surface area contributed by atoms with Crippen molar-refractivity contribution in [2.45, 2.75) is 92.9 Å². The molecule has 362 valence electrons. The van der Waals surface area contributed by atoms with Crippen LogP contribution in [0.5, 0.6) is 0 Å². The zero-order valence-electron chi connectivity index (χ0n) is 30.8. The van der Waals surface area contributed by atoms with Gasteiger partial charge in [-0.1, -0.05) is 0 Å². The topological polar surface area (TPSA) is 193 Å². The Morgan fingerprint density at radius 1 is 0.317 bits per heavy atom. The quantitative estimate of drug-likeness (QED) is 0.0446. The van der Waals surface area contributed by atoms with E-state index in [-0.39, 0.29) is 26.4 Å². The first-order valence-electron chi connectivity index (χ1n) is 16.9. The fourth-order valence-corrected chi connectivity index (χ4v) is 3.58. The number of halogens is 16. The van der Waals surface area contributed by atoms with Gasteiger partial charge in [0.1, 0.15) is 44.7 Å². The maximum atomic E-state index is 13.8. The summed E-state index contributed by atoms with van der Waals surface area (Å²) in [7, 11) is 0. The van der Waals surface area contributed by atoms with Crippen LogP contribution < -0.4 is 0 Å². The van der Waals surface area contributed by atoms with Gasteiger partial charge >= 0.3 is 48.9 Å². The zero-order chi connectivity index (χ0) is 46.5. The molecule has 0 aliphatic rings. The summed E-state index contributed by atoms with van der Waals surface area (Å²) in [5, 5.41) is 45.7. The van der Waals surface area contributed by atoms with Crippen LogP contribution in [0.3, 0.4) is 0 Å². The van der Waals surface area contributed by atoms with Crippen LogP contribution in [-0.4, -0.2) is 185 Å². The minimum atomic E-state index is -6.56. The van der Waals surface area contributed by atoms with Crippen LogP contribution >= 0.6 is 0 Å². The second kappa shape index (κ2) is 26.2. The predicted molar refractivity (Wildman–Crippen MR) is 159 cm³/mol. The molecule has 31 heteroatoms. The molecule has 15 nitrogen and oxygen atoms in total. The molecule has 0 aliphatic carbocycles. The zero-order valence-corrected chi connectivity index (χ0v) is 30.8. The van der Waals surface area contributed by atoms with Crippen LogP contribution in [0.2, 0.25) is 0 Å². The second-order valence-corrected chi connectivity index (χ2v) is 12.1. The van der Waals surface area contributed by atoms with E-state index < -0.39 is 133 Å². The third kappa shape index (κ3) is 25.4. The molecule has 0 spiro atoms. The SMILES string of the molecule is OCCCCOCC(O)COCC(F)(F)OC(F)(F)C(F)(F)OC(F)(F)COCC(O)COCC(F)(F)OC(F)(F)C(F)(F)OC(F)(F)COCC(O)COCCCCO. The first-order valence-corrected chi connectivity index (χ1v) is 16.9. The summed E-state index contributed by atoms with van der Waals surface area (Å²) < 4.78 is 257. The van der Waals surface area contributed by atoms with E-state index in [1.54, 1.807) is 0 Å². The Bertz CT molecular complexity index is 1060. The standard InChI is InChI=1S/C29H44F16O15/c30-22(31,15-53-11-19(48)9-51-7-3-1-5-46)57-26(38,39)28(42,43)59-24(34,35)17-55-13-21(50)14-56-18-25(36,37)60-29(44,45)27(40,41)58-23(32,33)16-54-12-20(49)10-52-8-4-2-6-47/h19-21,46-50H,1-18H2. The molecule has 0 amide bonds. The van der Waals surface area contributed by atoms with Crippen molar-refractivity contribution in [2.75, 3.05) is 92.5 Å². The Morgan fingerprint density at radius 3 is 0.717 bits per heavy atom. The van der Waals surface area contributed by atoms with Gasteiger partial charge in [0, 0.05) is 26.4 Å². The average molecular weight is 937 g/mol. The van der Waals surface area contributed by atoms with E-state index in [0.29, 0.717) is 25.7 Å². The first-order chi connectivity index (χ1) is 27.3. The molecule has 5 N–H and O–H groups in total. The number of rotatable bonds is 38. The fraction of sp³-hybridized carbons (Fsp3) is 1.00. The Hall–Kier alpha value is -1.72. The van der Waals surface area contributed by atoms with Gasteiger partial charge in [-0.15, -0.1) is 0 Å². The van der Waals surface area contributed by atoms with E-state index >= 15 is 0 Å². The van der Waals surface area contributed by atoms with Crippen molar-refractivity contribution in [3.05, 3.63) is 0 Å². The summed E-state index contributed by atoms with van der Waals surface area (Å²) in [6.07, 6.45) is -52.2. The molecule has 0 aromatic heterocycles. The van der Waals surface area contributed by atoms with Crippen LogP contribution in [0.4, 0.5) is 70.2 Å². The number of hydrogen-bond acceptors (Lipinski definition) is 15. The van der Waals surface area contributed by atoms with Gasteiger partial charge in [0.05, 0.1) is 39.6 Å². The van der Waals surface area contributed by atoms with Crippen LogP contribution in [0.25, 0.3) is 0 Å². The monoisotopic (exact) mass is 936 g/mol. The number of hydrogen-bond donors (Lipinski definition) is 5. The van der Waals surface area contributed by atoms with E-state index in [4.69, 9.17) is 19.7 Å². The van der Waals surface area contributed by atoms with Crippen LogP contribution in [-0.2, 0) is 47.4 Å². The van der Waals surface area contributed by atoms with Gasteiger partial charge in [-0.3, -0.25) is 0 Å². The Labute approximate surface area is 329 Å². The Kier molecular flexibility index (Phi) is 25.4. The van der Waals surface area contributed by atoms with Gasteiger partial charge in [0.15, 0.2) is 0 Å². The molecule has 0 fully saturated rings. The number of aliphatic hydroxyl groups excluding tert-OH is 5. The van der Waals surface area contributed by atoms with Crippen molar-refractivity contribution in [2.24, 2.45) is 0 Å². The molecule has 0 aromatic carbocycles. The van der Waals surface area contributed by atoms with Crippen molar-refractivity contribution >= 4 is 0 Å². The molecule has 0 saturated heterocycles. The van der Waals surface area contributed by atoms with Crippen LogP contribution in [0, 0.1) is 0 Å². The van der Waals surface area contributed by atoms with Crippen LogP contribution in [0.15, 0.2) is 0 Å². The smallest absolute Gasteiger partial charge is 0.396 e. The van der Waals surface area contributed by atoms with Crippen molar-refractivity contribution in [1.82, 2.24) is 0 Å². The highest BCUT2D eigenvalue weighted by Gasteiger charge is 2.68. The van der Waals surface area contributed by atoms with Gasteiger partial charge in [0.25, 0.3) is 0 Å². The molecule has 0 radical (unpaired) electrons. The van der Waals surface area contributed by atoms with Crippen molar-refractivity contribution in [3.63, 3.8) is 0 Å². The summed E-state index contributed by atoms with van der Waals surface area (Å²) >= 11 is 0. The van der Waals surface area contributed by atoms with Gasteiger partial charge in [0.2, 0.25) is 0 Å². The van der Waals surface area contributed by atoms with Crippen molar-refractivity contribution in [1.29, 1.82) is 0 Å². The van der Waals surface area contributed by atoms with E-state index in [1.807, 2.05) is 0 Å². The van der Waals surface area contributed by atoms with E-state index in [2.05, 4.69) is 37.9 Å². The Morgan fingerprint density at radius 2 is 0.517 bits per heavy atom. The highest BCUT2D eigenvalue weighted by molar-refractivity contribution is 4.74. The van der Waals surface area contributed by atoms with Crippen molar-refractivity contribution < 1.29 is 143 Å². The lowest BCUT2D eigenvalue weighted by Crippen LogP contribution is -2.53. The predicted octanol–water partition coefficient (Wildman–Crippen LogP) is 3.52. The molecule has 60 heavy (non-hydrogen) atoms. The van der Waals surface area contributed by atoms with Crippen LogP contribution in [0.1, 0.15) is 25.7 Å². The minimum absolute atomic E-state index is 0.00812. The lowest BCUT2D eigenvalue weighted by atomic mass is 10.3. The van der Waals surface area contributed by atoms with E-state index in [1.165, 1.54) is 0 Å². The van der Waals surface area contributed by atoms with E-state index in [0.717, 1.165) is 0 Å². The third-order valence-electron chi connectivity index (χ3n) is 6.12. The minimum Gasteiger partial charge on any atom is -0.396 e. The summed E-state index contributed by atoms with van der Waals surface area (Å²) in [4.78, 5) is 0. The summed E-state index contributed by atoms with van der Waals surface area (Å²) in [6, 6.07) is 0. The third-order valence-corrected chi connectivity index (χ3v) is 6.12. The summed E-state index contributed by atoms with van der Waals surface area (Å²) in [5.74, 6) is 0. The maximum Gasteiger partial charge on any atom is 0.453 e. The second-order valence-electron chi connectivity index (χ2n) is 12.1. The highest BCUT2D eigenvalue weighted by Crippen LogP contribution is 2.44. The molecule has 0 rings (SSSR count). The lowest BCUT2D eigenvalue weighted by Gasteiger charge is -2.31. The fourth-order valence-electron chi connectivity index (χ4n) is 3.58. The molecular formula is C29H44F16O15. The van der Waals surface area contributed by atoms with Gasteiger partial charge in [-0.2, -0.15) is 70.2 Å². The molecule has 0 bridgehead atoms. The van der Waals surface area contributed by atoms with E-state index in [9.17, 15) is 85.6 Å². The van der Waals surface area contributed by atoms with Gasteiger partial charge < -0.3 is 54.0 Å². The molecule has 2 atom stereocenters. The number of aliphatic hydroxyl groups is 5. The lowest BCUT2D eigenvalue weighted by molar-refractivity contribution is -0.516. The molecule has 0 heterocycles. The largest absolute Gasteiger partial charge is 0.453 e. The average Bonchev–Trinajstić information content (AvgIpc) is 3.05. The molecule has 0 aromatic rings. The molecular weight excluding hydrogens is 892 g/mol. The van der Waals surface area contributed by atoms with Gasteiger partial charge in [-0.05, 0) is 25.7 Å². The summed E-state index contributed by atoms with van der Waals surface area (Å²) in [5.41, 5.74) is 0. The normalized spacial score (nSPS) is 15.8. The Balaban J connectivity index is 4.83. The van der Waals surface area contributed by atoms with Gasteiger partial charge in [-0.25, -0.2) is 18.9 Å². The summed E-state index contributed by atoms with van der Waals surface area (Å²) in [6.45, 7) is -16.1. The molecule has 0 saturated carbocycles. The number of unbranched alkanes of at least 4 members (excludes halogenated alkanes) is 2. The molecule has 0 aliphatic heterocycles. The molecule has 2 unspecified atom stereocenters. The highest BCUT2D eigenvalue weighted by atomic mass is 19.4. The maximum absolute atomic E-state index is 13.8. The van der Waals surface area contributed by atoms with Crippen molar-refractivity contribution in [3.8, 4) is 0 Å². The first kappa shape index (κ1) is 58.3. The number of ether oxygens (including phenoxy) is 10. The number of alkyl halides is 16.